The van der Waals surface area contributed by atoms with E-state index in [0.717, 1.165) is 17.0 Å². The first-order chi connectivity index (χ1) is 11.8. The third-order valence-electron chi connectivity index (χ3n) is 3.23. The van der Waals surface area contributed by atoms with Crippen molar-refractivity contribution in [1.29, 1.82) is 0 Å². The van der Waals surface area contributed by atoms with Crippen molar-refractivity contribution < 1.29 is 9.47 Å². The van der Waals surface area contributed by atoms with Gasteiger partial charge in [0, 0.05) is 17.1 Å². The topological polar surface area (TPSA) is 68.6 Å². The molecule has 2 heterocycles. The molecule has 0 bridgehead atoms. The van der Waals surface area contributed by atoms with Gasteiger partial charge in [0.05, 0.1) is 31.8 Å². The highest BCUT2D eigenvalue weighted by Crippen LogP contribution is 2.33. The van der Waals surface area contributed by atoms with Gasteiger partial charge in [-0.25, -0.2) is 4.98 Å². The molecule has 2 aromatic heterocycles. The number of methoxy groups -OCH3 is 2. The molecule has 3 aromatic rings. The summed E-state index contributed by atoms with van der Waals surface area (Å²) >= 11 is 1.47. The third kappa shape index (κ3) is 3.69. The quantitative estimate of drug-likeness (QED) is 0.548. The Hall–Kier alpha value is -2.93. The van der Waals surface area contributed by atoms with Crippen LogP contribution in [-0.4, -0.2) is 30.4 Å². The number of anilines is 1. The molecule has 0 unspecified atom stereocenters. The highest BCUT2D eigenvalue weighted by atomic mass is 32.1. The van der Waals surface area contributed by atoms with Crippen molar-refractivity contribution in [1.82, 2.24) is 9.97 Å². The molecule has 6 nitrogen and oxygen atoms in total. The van der Waals surface area contributed by atoms with Crippen molar-refractivity contribution in [2.75, 3.05) is 19.6 Å². The predicted molar refractivity (Wildman–Crippen MR) is 96.1 cm³/mol. The Bertz CT molecular complexity index is 834. The molecule has 0 radical (unpaired) electrons. The van der Waals surface area contributed by atoms with Crippen molar-refractivity contribution in [3.63, 3.8) is 0 Å². The van der Waals surface area contributed by atoms with Gasteiger partial charge in [-0.15, -0.1) is 11.3 Å². The second-order valence-corrected chi connectivity index (χ2v) is 5.59. The van der Waals surface area contributed by atoms with Gasteiger partial charge in [-0.2, -0.15) is 5.10 Å². The normalized spacial score (nSPS) is 10.8. The predicted octanol–water partition coefficient (Wildman–Crippen LogP) is 3.67. The highest BCUT2D eigenvalue weighted by molar-refractivity contribution is 7.14. The van der Waals surface area contributed by atoms with Crippen LogP contribution in [0.25, 0.3) is 11.3 Å². The van der Waals surface area contributed by atoms with Gasteiger partial charge in [0.15, 0.2) is 11.5 Å². The Morgan fingerprint density at radius 1 is 1.12 bits per heavy atom. The van der Waals surface area contributed by atoms with Gasteiger partial charge in [0.1, 0.15) is 0 Å². The summed E-state index contributed by atoms with van der Waals surface area (Å²) in [7, 11) is 3.23. The molecule has 0 aliphatic rings. The number of rotatable bonds is 6. The fourth-order valence-corrected chi connectivity index (χ4v) is 2.73. The number of hydrogen-bond acceptors (Lipinski definition) is 7. The average Bonchev–Trinajstić information content (AvgIpc) is 3.11. The van der Waals surface area contributed by atoms with Crippen LogP contribution in [-0.2, 0) is 0 Å². The number of pyridine rings is 1. The SMILES string of the molecule is COc1ccc(-c2csc(N/N=C\c3ccccn3)n2)cc1OC. The van der Waals surface area contributed by atoms with Gasteiger partial charge in [-0.3, -0.25) is 10.4 Å². The van der Waals surface area contributed by atoms with Crippen LogP contribution >= 0.6 is 11.3 Å². The van der Waals surface area contributed by atoms with Crippen molar-refractivity contribution in [3.05, 3.63) is 53.7 Å². The molecule has 0 aliphatic heterocycles. The Labute approximate surface area is 143 Å². The monoisotopic (exact) mass is 340 g/mol. The highest BCUT2D eigenvalue weighted by Gasteiger charge is 2.09. The van der Waals surface area contributed by atoms with Crippen LogP contribution in [0, 0.1) is 0 Å². The molecule has 122 valence electrons. The zero-order chi connectivity index (χ0) is 16.8. The Kier molecular flexibility index (Phi) is 5.02. The van der Waals surface area contributed by atoms with E-state index >= 15 is 0 Å². The van der Waals surface area contributed by atoms with E-state index in [9.17, 15) is 0 Å². The summed E-state index contributed by atoms with van der Waals surface area (Å²) in [6, 6.07) is 11.3. The summed E-state index contributed by atoms with van der Waals surface area (Å²) in [5, 5.41) is 6.80. The Morgan fingerprint density at radius 3 is 2.75 bits per heavy atom. The van der Waals surface area contributed by atoms with Gasteiger partial charge < -0.3 is 9.47 Å². The Morgan fingerprint density at radius 2 is 2.00 bits per heavy atom. The first-order valence-electron chi connectivity index (χ1n) is 7.18. The summed E-state index contributed by atoms with van der Waals surface area (Å²) in [5.74, 6) is 1.36. The second-order valence-electron chi connectivity index (χ2n) is 4.73. The second kappa shape index (κ2) is 7.56. The van der Waals surface area contributed by atoms with E-state index in [4.69, 9.17) is 9.47 Å². The molecule has 0 amide bonds. The largest absolute Gasteiger partial charge is 0.493 e. The lowest BCUT2D eigenvalue weighted by molar-refractivity contribution is 0.355. The van der Waals surface area contributed by atoms with E-state index in [1.807, 2.05) is 41.8 Å². The molecule has 24 heavy (non-hydrogen) atoms. The number of nitrogens with zero attached hydrogens (tertiary/aromatic N) is 3. The van der Waals surface area contributed by atoms with Crippen LogP contribution in [0.15, 0.2) is 53.1 Å². The lowest BCUT2D eigenvalue weighted by Gasteiger charge is -2.08. The molecule has 0 spiro atoms. The number of nitrogens with one attached hydrogen (secondary N) is 1. The maximum absolute atomic E-state index is 5.32. The van der Waals surface area contributed by atoms with Gasteiger partial charge in [0.25, 0.3) is 0 Å². The van der Waals surface area contributed by atoms with E-state index in [2.05, 4.69) is 20.5 Å². The number of thiazole rings is 1. The number of hydrogen-bond donors (Lipinski definition) is 1. The van der Waals surface area contributed by atoms with E-state index in [1.54, 1.807) is 26.6 Å². The van der Waals surface area contributed by atoms with Crippen LogP contribution in [0.4, 0.5) is 5.13 Å². The van der Waals surface area contributed by atoms with Gasteiger partial charge in [-0.1, -0.05) is 6.07 Å². The number of ether oxygens (including phenoxy) is 2. The first kappa shape index (κ1) is 15.9. The first-order valence-corrected chi connectivity index (χ1v) is 8.06. The fourth-order valence-electron chi connectivity index (χ4n) is 2.06. The molecular formula is C17H16N4O2S. The van der Waals surface area contributed by atoms with E-state index in [1.165, 1.54) is 11.3 Å². The van der Waals surface area contributed by atoms with Crippen molar-refractivity contribution in [2.24, 2.45) is 5.10 Å². The lowest BCUT2D eigenvalue weighted by Crippen LogP contribution is -1.92. The molecule has 0 aliphatic carbocycles. The molecule has 1 aromatic carbocycles. The van der Waals surface area contributed by atoms with Crippen LogP contribution < -0.4 is 14.9 Å². The van der Waals surface area contributed by atoms with Crippen LogP contribution in [0.2, 0.25) is 0 Å². The van der Waals surface area contributed by atoms with E-state index < -0.39 is 0 Å². The maximum atomic E-state index is 5.32. The molecule has 1 N–H and O–H groups in total. The molecule has 0 fully saturated rings. The third-order valence-corrected chi connectivity index (χ3v) is 3.98. The summed E-state index contributed by atoms with van der Waals surface area (Å²) < 4.78 is 10.6. The van der Waals surface area contributed by atoms with Crippen LogP contribution in [0.5, 0.6) is 11.5 Å². The summed E-state index contributed by atoms with van der Waals surface area (Å²) in [5.41, 5.74) is 5.49. The van der Waals surface area contributed by atoms with E-state index in [-0.39, 0.29) is 0 Å². The van der Waals surface area contributed by atoms with Crippen molar-refractivity contribution in [2.45, 2.75) is 0 Å². The van der Waals surface area contributed by atoms with Crippen LogP contribution in [0.1, 0.15) is 5.69 Å². The summed E-state index contributed by atoms with van der Waals surface area (Å²) in [4.78, 5) is 8.69. The molecule has 0 atom stereocenters. The number of hydrazone groups is 1. The molecule has 0 saturated carbocycles. The minimum Gasteiger partial charge on any atom is -0.493 e. The zero-order valence-electron chi connectivity index (χ0n) is 13.3. The summed E-state index contributed by atoms with van der Waals surface area (Å²) in [6.07, 6.45) is 3.37. The average molecular weight is 340 g/mol. The van der Waals surface area contributed by atoms with Gasteiger partial charge in [-0.05, 0) is 30.3 Å². The lowest BCUT2D eigenvalue weighted by atomic mass is 10.1. The van der Waals surface area contributed by atoms with Gasteiger partial charge in [0.2, 0.25) is 5.13 Å². The van der Waals surface area contributed by atoms with E-state index in [0.29, 0.717) is 16.6 Å². The molecular weight excluding hydrogens is 324 g/mol. The zero-order valence-corrected chi connectivity index (χ0v) is 14.1. The molecule has 3 rings (SSSR count). The van der Waals surface area contributed by atoms with Gasteiger partial charge >= 0.3 is 0 Å². The molecule has 7 heteroatoms. The van der Waals surface area contributed by atoms with Crippen molar-refractivity contribution in [3.8, 4) is 22.8 Å². The Balaban J connectivity index is 1.72. The minimum absolute atomic E-state index is 0.672. The minimum atomic E-state index is 0.672. The fraction of sp³-hybridized carbons (Fsp3) is 0.118. The number of aromatic nitrogens is 2. The van der Waals surface area contributed by atoms with Crippen molar-refractivity contribution >= 4 is 22.7 Å². The standard InChI is InChI=1S/C17H16N4O2S/c1-22-15-7-6-12(9-16(15)23-2)14-11-24-17(20-14)21-19-10-13-5-3-4-8-18-13/h3-11H,1-2H3,(H,20,21)/b19-10-. The molecule has 0 saturated heterocycles. The summed E-state index contributed by atoms with van der Waals surface area (Å²) in [6.45, 7) is 0. The smallest absolute Gasteiger partial charge is 0.203 e. The maximum Gasteiger partial charge on any atom is 0.203 e. The van der Waals surface area contributed by atoms with Crippen LogP contribution in [0.3, 0.4) is 0 Å². The number of benzene rings is 1.